The normalized spacial score (nSPS) is 16.4. The smallest absolute Gasteiger partial charge is 0.316 e. The maximum absolute atomic E-state index is 11.9. The SMILES string of the molecule is Cc1ccc(NCc2nnc(SCC(=O)OC(C)C)n2C[C@@H]2CCCO2)cc1Cl. The Balaban J connectivity index is 1.70. The van der Waals surface area contributed by atoms with E-state index in [0.29, 0.717) is 18.2 Å². The van der Waals surface area contributed by atoms with E-state index in [4.69, 9.17) is 21.1 Å². The first kappa shape index (κ1) is 21.9. The Labute approximate surface area is 180 Å². The molecule has 0 unspecified atom stereocenters. The van der Waals surface area contributed by atoms with Gasteiger partial charge in [-0.25, -0.2) is 0 Å². The Morgan fingerprint density at radius 3 is 2.97 bits per heavy atom. The van der Waals surface area contributed by atoms with Crippen LogP contribution in [0.25, 0.3) is 0 Å². The van der Waals surface area contributed by atoms with Gasteiger partial charge in [0.25, 0.3) is 0 Å². The van der Waals surface area contributed by atoms with Crippen molar-refractivity contribution in [3.8, 4) is 0 Å². The van der Waals surface area contributed by atoms with Crippen LogP contribution in [0.5, 0.6) is 0 Å². The van der Waals surface area contributed by atoms with Crippen LogP contribution >= 0.6 is 23.4 Å². The van der Waals surface area contributed by atoms with Crippen LogP contribution in [0.15, 0.2) is 23.4 Å². The number of esters is 1. The zero-order valence-electron chi connectivity index (χ0n) is 17.0. The number of hydrogen-bond acceptors (Lipinski definition) is 7. The van der Waals surface area contributed by atoms with Gasteiger partial charge in [0, 0.05) is 17.3 Å². The monoisotopic (exact) mass is 438 g/mol. The second-order valence-corrected chi connectivity index (χ2v) is 8.64. The molecule has 0 bridgehead atoms. The molecule has 1 fully saturated rings. The van der Waals surface area contributed by atoms with Crippen LogP contribution in [0, 0.1) is 6.92 Å². The molecule has 2 aromatic rings. The third-order valence-electron chi connectivity index (χ3n) is 4.51. The van der Waals surface area contributed by atoms with Crippen LogP contribution in [0.1, 0.15) is 38.1 Å². The maximum Gasteiger partial charge on any atom is 0.316 e. The minimum absolute atomic E-state index is 0.131. The van der Waals surface area contributed by atoms with Crippen molar-refractivity contribution in [2.75, 3.05) is 17.7 Å². The van der Waals surface area contributed by atoms with Gasteiger partial charge in [0.05, 0.1) is 31.1 Å². The summed E-state index contributed by atoms with van der Waals surface area (Å²) in [7, 11) is 0. The largest absolute Gasteiger partial charge is 0.462 e. The zero-order chi connectivity index (χ0) is 20.8. The highest BCUT2D eigenvalue weighted by Gasteiger charge is 2.21. The van der Waals surface area contributed by atoms with Crippen molar-refractivity contribution in [2.45, 2.75) is 64.1 Å². The number of thioether (sulfide) groups is 1. The van der Waals surface area contributed by atoms with Crippen LogP contribution in [-0.4, -0.2) is 45.3 Å². The molecule has 1 aliphatic heterocycles. The van der Waals surface area contributed by atoms with Gasteiger partial charge in [-0.2, -0.15) is 0 Å². The van der Waals surface area contributed by atoms with E-state index in [-0.39, 0.29) is 23.9 Å². The van der Waals surface area contributed by atoms with Gasteiger partial charge in [0.15, 0.2) is 11.0 Å². The van der Waals surface area contributed by atoms with Gasteiger partial charge in [0.1, 0.15) is 0 Å². The van der Waals surface area contributed by atoms with E-state index in [2.05, 4.69) is 15.5 Å². The summed E-state index contributed by atoms with van der Waals surface area (Å²) >= 11 is 7.55. The molecule has 7 nitrogen and oxygen atoms in total. The molecule has 29 heavy (non-hydrogen) atoms. The standard InChI is InChI=1S/C20H27ClN4O3S/c1-13(2)28-19(26)12-29-20-24-23-18(25(20)11-16-5-4-8-27-16)10-22-15-7-6-14(3)17(21)9-15/h6-7,9,13,16,22H,4-5,8,10-12H2,1-3H3/t16-/m0/s1. The minimum Gasteiger partial charge on any atom is -0.462 e. The Kier molecular flexibility index (Phi) is 7.80. The second-order valence-electron chi connectivity index (χ2n) is 7.29. The van der Waals surface area contributed by atoms with Crippen molar-refractivity contribution < 1.29 is 14.3 Å². The van der Waals surface area contributed by atoms with Gasteiger partial charge in [0.2, 0.25) is 0 Å². The molecule has 2 heterocycles. The van der Waals surface area contributed by atoms with Gasteiger partial charge < -0.3 is 19.4 Å². The molecular weight excluding hydrogens is 412 g/mol. The van der Waals surface area contributed by atoms with Gasteiger partial charge in [-0.1, -0.05) is 29.4 Å². The molecule has 158 valence electrons. The third kappa shape index (κ3) is 6.35. The molecule has 1 N–H and O–H groups in total. The van der Waals surface area contributed by atoms with Gasteiger partial charge >= 0.3 is 5.97 Å². The van der Waals surface area contributed by atoms with Crippen molar-refractivity contribution in [3.05, 3.63) is 34.6 Å². The van der Waals surface area contributed by atoms with Crippen molar-refractivity contribution >= 4 is 35.0 Å². The first-order chi connectivity index (χ1) is 13.9. The fourth-order valence-corrected chi connectivity index (χ4v) is 3.97. The number of aryl methyl sites for hydroxylation is 1. The van der Waals surface area contributed by atoms with Crippen LogP contribution in [0.3, 0.4) is 0 Å². The van der Waals surface area contributed by atoms with E-state index in [1.54, 1.807) is 0 Å². The Morgan fingerprint density at radius 2 is 2.28 bits per heavy atom. The molecule has 0 amide bonds. The third-order valence-corrected chi connectivity index (χ3v) is 5.86. The first-order valence-corrected chi connectivity index (χ1v) is 11.1. The molecule has 1 aliphatic rings. The summed E-state index contributed by atoms with van der Waals surface area (Å²) in [6.07, 6.45) is 2.08. The van der Waals surface area contributed by atoms with Gasteiger partial charge in [-0.15, -0.1) is 10.2 Å². The predicted octanol–water partition coefficient (Wildman–Crippen LogP) is 4.07. The molecule has 1 saturated heterocycles. The van der Waals surface area contributed by atoms with E-state index in [1.165, 1.54) is 11.8 Å². The molecular formula is C20H27ClN4O3S. The molecule has 1 aromatic heterocycles. The van der Waals surface area contributed by atoms with Crippen LogP contribution in [0.4, 0.5) is 5.69 Å². The molecule has 0 aliphatic carbocycles. The fourth-order valence-electron chi connectivity index (χ4n) is 3.04. The topological polar surface area (TPSA) is 78.3 Å². The highest BCUT2D eigenvalue weighted by atomic mass is 35.5. The maximum atomic E-state index is 11.9. The number of halogens is 1. The first-order valence-electron chi connectivity index (χ1n) is 9.78. The summed E-state index contributed by atoms with van der Waals surface area (Å²) < 4.78 is 13.0. The van der Waals surface area contributed by atoms with Crippen molar-refractivity contribution in [2.24, 2.45) is 0 Å². The van der Waals surface area contributed by atoms with Crippen LogP contribution in [-0.2, 0) is 27.4 Å². The summed E-state index contributed by atoms with van der Waals surface area (Å²) in [5.74, 6) is 0.727. The average molecular weight is 439 g/mol. The van der Waals surface area contributed by atoms with Crippen LogP contribution < -0.4 is 5.32 Å². The van der Waals surface area contributed by atoms with E-state index >= 15 is 0 Å². The summed E-state index contributed by atoms with van der Waals surface area (Å²) in [5, 5.41) is 13.4. The number of ether oxygens (including phenoxy) is 2. The lowest BCUT2D eigenvalue weighted by atomic mass is 10.2. The number of benzene rings is 1. The Morgan fingerprint density at radius 1 is 1.45 bits per heavy atom. The number of hydrogen-bond donors (Lipinski definition) is 1. The van der Waals surface area contributed by atoms with Crippen molar-refractivity contribution in [3.63, 3.8) is 0 Å². The molecule has 1 aromatic carbocycles. The number of carbonyl (C=O) groups excluding carboxylic acids is 1. The van der Waals surface area contributed by atoms with Crippen molar-refractivity contribution in [1.29, 1.82) is 0 Å². The lowest BCUT2D eigenvalue weighted by Crippen LogP contribution is -2.20. The Hall–Kier alpha value is -1.77. The summed E-state index contributed by atoms with van der Waals surface area (Å²) in [5.41, 5.74) is 1.95. The van der Waals surface area contributed by atoms with Crippen molar-refractivity contribution in [1.82, 2.24) is 14.8 Å². The van der Waals surface area contributed by atoms with E-state index in [9.17, 15) is 4.79 Å². The number of nitrogens with one attached hydrogen (secondary N) is 1. The van der Waals surface area contributed by atoms with E-state index in [1.807, 2.05) is 43.5 Å². The lowest BCUT2D eigenvalue weighted by Gasteiger charge is -2.15. The highest BCUT2D eigenvalue weighted by Crippen LogP contribution is 2.23. The second kappa shape index (κ2) is 10.3. The molecule has 1 atom stereocenters. The highest BCUT2D eigenvalue weighted by molar-refractivity contribution is 7.99. The Bertz CT molecular complexity index is 837. The zero-order valence-corrected chi connectivity index (χ0v) is 18.6. The number of aromatic nitrogens is 3. The van der Waals surface area contributed by atoms with E-state index in [0.717, 1.165) is 41.5 Å². The minimum atomic E-state index is -0.259. The molecule has 3 rings (SSSR count). The average Bonchev–Trinajstić information content (AvgIpc) is 3.31. The summed E-state index contributed by atoms with van der Waals surface area (Å²) in [6, 6.07) is 5.86. The molecule has 0 spiro atoms. The molecule has 0 radical (unpaired) electrons. The van der Waals surface area contributed by atoms with Gasteiger partial charge in [-0.05, 0) is 51.3 Å². The van der Waals surface area contributed by atoms with E-state index < -0.39 is 0 Å². The quantitative estimate of drug-likeness (QED) is 0.467. The van der Waals surface area contributed by atoms with Crippen LogP contribution in [0.2, 0.25) is 5.02 Å². The summed E-state index contributed by atoms with van der Waals surface area (Å²) in [4.78, 5) is 11.9. The number of rotatable bonds is 9. The lowest BCUT2D eigenvalue weighted by molar-refractivity contribution is -0.144. The predicted molar refractivity (Wildman–Crippen MR) is 114 cm³/mol. The fraction of sp³-hybridized carbons (Fsp3) is 0.550. The molecule has 9 heteroatoms. The number of nitrogens with zero attached hydrogens (tertiary/aromatic N) is 3. The number of anilines is 1. The number of carbonyl (C=O) groups is 1. The van der Waals surface area contributed by atoms with Gasteiger partial charge in [-0.3, -0.25) is 4.79 Å². The molecule has 0 saturated carbocycles. The summed E-state index contributed by atoms with van der Waals surface area (Å²) in [6.45, 7) is 7.59.